The molecule has 1 aliphatic heterocycles. The minimum absolute atomic E-state index is 0.138. The summed E-state index contributed by atoms with van der Waals surface area (Å²) < 4.78 is 0. The number of hydrogen-bond donors (Lipinski definition) is 1. The molecule has 1 aromatic carbocycles. The lowest BCUT2D eigenvalue weighted by atomic mass is 9.89. The Morgan fingerprint density at radius 2 is 1.86 bits per heavy atom. The van der Waals surface area contributed by atoms with Crippen LogP contribution in [0.4, 0.5) is 4.79 Å². The molecule has 116 valence electrons. The fourth-order valence-electron chi connectivity index (χ4n) is 3.11. The number of nitrogens with zero attached hydrogens (tertiary/aromatic N) is 1. The van der Waals surface area contributed by atoms with E-state index < -0.39 is 0 Å². The lowest BCUT2D eigenvalue weighted by Gasteiger charge is -2.36. The first kappa shape index (κ1) is 15.1. The molecule has 0 spiro atoms. The molecule has 0 aromatic heterocycles. The molecule has 1 aliphatic carbocycles. The van der Waals surface area contributed by atoms with Crippen molar-refractivity contribution in [1.82, 2.24) is 10.2 Å². The van der Waals surface area contributed by atoms with Gasteiger partial charge in [-0.3, -0.25) is 19.3 Å². The summed E-state index contributed by atoms with van der Waals surface area (Å²) in [5, 5.41) is 2.82. The highest BCUT2D eigenvalue weighted by molar-refractivity contribution is 8.14. The molecule has 3 amide bonds. The highest BCUT2D eigenvalue weighted by Gasteiger charge is 2.41. The Morgan fingerprint density at radius 1 is 1.14 bits per heavy atom. The Balaban J connectivity index is 1.74. The fourth-order valence-corrected chi connectivity index (χ4v) is 3.88. The van der Waals surface area contributed by atoms with Crippen molar-refractivity contribution in [3.8, 4) is 0 Å². The summed E-state index contributed by atoms with van der Waals surface area (Å²) in [4.78, 5) is 37.6. The third-order valence-corrected chi connectivity index (χ3v) is 5.03. The summed E-state index contributed by atoms with van der Waals surface area (Å²) in [5.74, 6) is -0.0700. The van der Waals surface area contributed by atoms with Crippen molar-refractivity contribution in [2.24, 2.45) is 0 Å². The van der Waals surface area contributed by atoms with E-state index in [4.69, 9.17) is 0 Å². The quantitative estimate of drug-likeness (QED) is 0.929. The van der Waals surface area contributed by atoms with Crippen molar-refractivity contribution in [1.29, 1.82) is 0 Å². The third kappa shape index (κ3) is 3.02. The van der Waals surface area contributed by atoms with Gasteiger partial charge in [0.2, 0.25) is 5.91 Å². The van der Waals surface area contributed by atoms with Crippen LogP contribution >= 0.6 is 11.8 Å². The van der Waals surface area contributed by atoms with Crippen molar-refractivity contribution in [3.05, 3.63) is 35.9 Å². The van der Waals surface area contributed by atoms with Gasteiger partial charge in [0.15, 0.2) is 0 Å². The molecule has 5 nitrogen and oxygen atoms in total. The number of nitrogens with one attached hydrogen (secondary N) is 1. The van der Waals surface area contributed by atoms with E-state index >= 15 is 0 Å². The van der Waals surface area contributed by atoms with Gasteiger partial charge in [0, 0.05) is 5.56 Å². The maximum absolute atomic E-state index is 12.3. The number of carbonyl (C=O) groups is 3. The highest BCUT2D eigenvalue weighted by atomic mass is 32.2. The van der Waals surface area contributed by atoms with Gasteiger partial charge in [0.25, 0.3) is 11.1 Å². The molecule has 1 heterocycles. The zero-order chi connectivity index (χ0) is 15.5. The molecule has 2 atom stereocenters. The van der Waals surface area contributed by atoms with Crippen LogP contribution in [-0.4, -0.2) is 39.8 Å². The summed E-state index contributed by atoms with van der Waals surface area (Å²) >= 11 is 1.05. The van der Waals surface area contributed by atoms with Gasteiger partial charge >= 0.3 is 0 Å². The maximum atomic E-state index is 12.3. The second-order valence-electron chi connectivity index (χ2n) is 5.62. The fraction of sp³-hybridized carbons (Fsp3) is 0.438. The Labute approximate surface area is 133 Å². The number of thioether (sulfide) groups is 1. The smallest absolute Gasteiger partial charge is 0.289 e. The highest BCUT2D eigenvalue weighted by Crippen LogP contribution is 2.30. The first-order valence-corrected chi connectivity index (χ1v) is 8.50. The number of amides is 3. The first-order valence-electron chi connectivity index (χ1n) is 7.51. The predicted octanol–water partition coefficient (Wildman–Crippen LogP) is 2.42. The number of carbonyl (C=O) groups excluding carboxylic acids is 3. The average Bonchev–Trinajstić information content (AvgIpc) is 2.88. The molecule has 1 N–H and O–H groups in total. The van der Waals surface area contributed by atoms with E-state index in [-0.39, 0.29) is 34.9 Å². The van der Waals surface area contributed by atoms with E-state index in [1.807, 2.05) is 18.2 Å². The monoisotopic (exact) mass is 318 g/mol. The van der Waals surface area contributed by atoms with Gasteiger partial charge in [0.05, 0.1) is 17.8 Å². The van der Waals surface area contributed by atoms with Crippen LogP contribution < -0.4 is 5.32 Å². The Hall–Kier alpha value is -1.82. The standard InChI is InChI=1S/C16H18N2O3S/c19-14-10-22-16(21)18(14)13-9-5-4-8-12(13)17-15(20)11-6-2-1-3-7-11/h1-3,6-7,12-13H,4-5,8-10H2,(H,17,20)/t12-,13-/m0/s1. The molecule has 2 aliphatic rings. The largest absolute Gasteiger partial charge is 0.347 e. The molecule has 1 saturated carbocycles. The van der Waals surface area contributed by atoms with Crippen LogP contribution in [0, 0.1) is 0 Å². The minimum atomic E-state index is -0.212. The Morgan fingerprint density at radius 3 is 2.55 bits per heavy atom. The molecule has 0 bridgehead atoms. The van der Waals surface area contributed by atoms with Crippen molar-refractivity contribution in [2.45, 2.75) is 37.8 Å². The van der Waals surface area contributed by atoms with E-state index in [1.54, 1.807) is 12.1 Å². The molecule has 1 saturated heterocycles. The first-order chi connectivity index (χ1) is 10.7. The molecular formula is C16H18N2O3S. The number of rotatable bonds is 3. The van der Waals surface area contributed by atoms with Crippen LogP contribution in [0.5, 0.6) is 0 Å². The van der Waals surface area contributed by atoms with Gasteiger partial charge in [-0.15, -0.1) is 0 Å². The molecule has 22 heavy (non-hydrogen) atoms. The summed E-state index contributed by atoms with van der Waals surface area (Å²) in [6, 6.07) is 8.64. The van der Waals surface area contributed by atoms with E-state index in [2.05, 4.69) is 5.32 Å². The van der Waals surface area contributed by atoms with Gasteiger partial charge in [-0.2, -0.15) is 0 Å². The third-order valence-electron chi connectivity index (χ3n) is 4.20. The van der Waals surface area contributed by atoms with E-state index in [0.717, 1.165) is 37.4 Å². The number of benzene rings is 1. The second-order valence-corrected chi connectivity index (χ2v) is 6.54. The molecule has 3 rings (SSSR count). The molecule has 2 fully saturated rings. The van der Waals surface area contributed by atoms with E-state index in [9.17, 15) is 14.4 Å². The number of hydrogen-bond acceptors (Lipinski definition) is 4. The van der Waals surface area contributed by atoms with Crippen molar-refractivity contribution in [2.75, 3.05) is 5.75 Å². The van der Waals surface area contributed by atoms with Crippen LogP contribution in [0.15, 0.2) is 30.3 Å². The van der Waals surface area contributed by atoms with Crippen LogP contribution in [0.25, 0.3) is 0 Å². The van der Waals surface area contributed by atoms with Crippen LogP contribution in [0.2, 0.25) is 0 Å². The predicted molar refractivity (Wildman–Crippen MR) is 84.7 cm³/mol. The van der Waals surface area contributed by atoms with Gasteiger partial charge in [-0.05, 0) is 25.0 Å². The molecule has 0 radical (unpaired) electrons. The Bertz CT molecular complexity index is 574. The summed E-state index contributed by atoms with van der Waals surface area (Å²) in [5.41, 5.74) is 0.597. The minimum Gasteiger partial charge on any atom is -0.347 e. The summed E-state index contributed by atoms with van der Waals surface area (Å²) in [6.45, 7) is 0. The zero-order valence-electron chi connectivity index (χ0n) is 12.2. The van der Waals surface area contributed by atoms with E-state index in [1.165, 1.54) is 4.90 Å². The lowest BCUT2D eigenvalue weighted by Crippen LogP contribution is -2.54. The van der Waals surface area contributed by atoms with Gasteiger partial charge in [0.1, 0.15) is 0 Å². The van der Waals surface area contributed by atoms with Crippen LogP contribution in [0.1, 0.15) is 36.0 Å². The second kappa shape index (κ2) is 6.52. The summed E-state index contributed by atoms with van der Waals surface area (Å²) in [7, 11) is 0. The normalized spacial score (nSPS) is 25.4. The maximum Gasteiger partial charge on any atom is 0.289 e. The Kier molecular flexibility index (Phi) is 4.47. The zero-order valence-corrected chi connectivity index (χ0v) is 13.0. The topological polar surface area (TPSA) is 66.5 Å². The van der Waals surface area contributed by atoms with Gasteiger partial charge < -0.3 is 5.32 Å². The van der Waals surface area contributed by atoms with Crippen LogP contribution in [0.3, 0.4) is 0 Å². The average molecular weight is 318 g/mol. The van der Waals surface area contributed by atoms with Crippen molar-refractivity contribution in [3.63, 3.8) is 0 Å². The SMILES string of the molecule is O=C(N[C@H]1CCCC[C@@H]1N1C(=O)CSC1=O)c1ccccc1. The van der Waals surface area contributed by atoms with Gasteiger partial charge in [-0.1, -0.05) is 42.8 Å². The lowest BCUT2D eigenvalue weighted by molar-refractivity contribution is -0.127. The van der Waals surface area contributed by atoms with Crippen molar-refractivity contribution >= 4 is 28.8 Å². The molecule has 1 aromatic rings. The van der Waals surface area contributed by atoms with Gasteiger partial charge in [-0.25, -0.2) is 0 Å². The number of imide groups is 1. The molecule has 0 unspecified atom stereocenters. The van der Waals surface area contributed by atoms with Crippen LogP contribution in [-0.2, 0) is 4.79 Å². The molecular weight excluding hydrogens is 300 g/mol. The van der Waals surface area contributed by atoms with Crippen molar-refractivity contribution < 1.29 is 14.4 Å². The molecule has 6 heteroatoms. The van der Waals surface area contributed by atoms with E-state index in [0.29, 0.717) is 5.56 Å². The summed E-state index contributed by atoms with van der Waals surface area (Å²) in [6.07, 6.45) is 3.53.